The molecule has 50 atom stereocenters. The Bertz CT molecular complexity index is 3290. The summed E-state index contributed by atoms with van der Waals surface area (Å²) in [7, 11) is 0. The molecule has 4 amide bonds. The molecule has 0 saturated carbocycles. The summed E-state index contributed by atoms with van der Waals surface area (Å²) in [6.45, 7) is -4.83. The van der Waals surface area contributed by atoms with Crippen molar-refractivity contribution >= 4 is 23.6 Å². The number of hydrogen-bond acceptors (Lipinski definition) is 50. The van der Waals surface area contributed by atoms with Gasteiger partial charge in [-0.15, -0.1) is 0 Å². The molecule has 0 aromatic heterocycles. The first-order valence-corrected chi connectivity index (χ1v) is 39.0. The van der Waals surface area contributed by atoms with Gasteiger partial charge in [-0.2, -0.15) is 0 Å². The van der Waals surface area contributed by atoms with Crippen LogP contribution < -0.4 is 21.3 Å². The molecule has 0 aliphatic carbocycles. The molecule has 10 fully saturated rings. The Hall–Kier alpha value is -3.96. The molecule has 0 bridgehead atoms. The van der Waals surface area contributed by atoms with Gasteiger partial charge in [0.05, 0.1) is 65.6 Å². The molecule has 0 radical (unpaired) electrons. The van der Waals surface area contributed by atoms with E-state index in [1.165, 1.54) is 6.92 Å². The van der Waals surface area contributed by atoms with Gasteiger partial charge in [0, 0.05) is 27.7 Å². The van der Waals surface area contributed by atoms with Crippen LogP contribution in [0.15, 0.2) is 0 Å². The van der Waals surface area contributed by atoms with Gasteiger partial charge >= 0.3 is 0 Å². The SMILES string of the molecule is CC(=O)N[C@@H]1[C@@H](O)[C@H](O[C@@H]2O[C@H](CO)[C@@H](O[C@@H]3O[C@H](CO[C@H]4O[C@H](CO)[C@@H](O)[C@H](O)[C@@H]4O[C@@H]4O[C@H](CO)[C@@H](O[C@@H]5O[C@H](CO)[C@H](O)[C@H](O)[C@H]5O)[C@H](O)[C@H]4NC(C)=O)[C@@H](O)[C@H](O[C@H]4O[C@H](CO)[C@@H](O)[C@H](O)[C@@H]4O[C@@H]4O[C@H](CO)[C@@H](O[C@@H]5O[C@H](CO)[C@H](O)[C@H](O)[C@H]5O)[C@H](O)[C@H]4NC(C)=O)[C@@H]3O)[C@H](O)[C@H]2NC(C)=O)[C@@H](COC2O[C@@H](C)[C@@H](O)[C@@H](O)[C@@H]2O)O[C@H]1O. The van der Waals surface area contributed by atoms with Crippen LogP contribution in [0.2, 0.25) is 0 Å². The van der Waals surface area contributed by atoms with Crippen LogP contribution in [-0.4, -0.2) is 528 Å². The molecule has 0 aromatic carbocycles. The average molecular weight is 1790 g/mol. The van der Waals surface area contributed by atoms with Gasteiger partial charge in [-0.25, -0.2) is 0 Å². The molecule has 122 heavy (non-hydrogen) atoms. The summed E-state index contributed by atoms with van der Waals surface area (Å²) in [5.41, 5.74) is 0. The van der Waals surface area contributed by atoms with Gasteiger partial charge in [0.2, 0.25) is 23.6 Å². The number of carbonyl (C=O) groups excluding carboxylic acids is 4. The number of aliphatic hydroxyl groups is 27. The molecule has 0 spiro atoms. The summed E-state index contributed by atoms with van der Waals surface area (Å²) in [6.07, 6.45) is -95.2. The highest BCUT2D eigenvalue weighted by Crippen LogP contribution is 2.41. The standard InChI is InChI=1S/C68H114N4O50/c1-15-33(84)43(94)48(99)63(106-15)104-14-28-55(39(90)29(59(103)107-28)69-16(2)80)116-60-30(70-17(3)81)40(91)54(26(12-79)112-60)119-66-51(102)56(120-68-58(47(98)37(88)23(9-76)111-68)122-62-32(72-19(5)83)42(93)53(25(11-78)114-62)118-65-50(101)45(96)35(86)21(7-74)109-65)38(89)27(115-66)13-105-67-57(46(97)36(87)22(8-75)110-67)121-61-31(71-18(4)82)41(92)52(24(10-77)113-61)117-64-49(100)44(95)34(85)20(6-73)108-64/h15,20-68,73-79,84-103H,6-14H2,1-5H3,(H,69,80)(H,70,81)(H,71,82)(H,72,83)/t15-,20+,21+,22+,23+,24+,25+,26+,27+,28+,29+,30+,31+,32+,33+,34-,35-,36+,37+,38+,39+,40+,41+,42+,43+,44-,45-,46-,47-,48-,49+,50+,51-,52+,53+,54+,55+,56-,57-,58-,59+,60-,61-,62-,63?,64-,65-,66-,67-,68+/m0/s1. The minimum absolute atomic E-state index is 0.846. The number of carbonyl (C=O) groups is 4. The molecular formula is C68H114N4O50. The summed E-state index contributed by atoms with van der Waals surface area (Å²) >= 11 is 0. The van der Waals surface area contributed by atoms with E-state index in [0.717, 1.165) is 27.7 Å². The molecule has 54 heteroatoms. The van der Waals surface area contributed by atoms with Gasteiger partial charge in [0.25, 0.3) is 0 Å². The van der Waals surface area contributed by atoms with Crippen molar-refractivity contribution in [1.82, 2.24) is 21.3 Å². The molecular weight excluding hydrogens is 1670 g/mol. The van der Waals surface area contributed by atoms with E-state index in [9.17, 15) is 157 Å². The summed E-state index contributed by atoms with van der Waals surface area (Å²) in [5, 5.41) is 310. The van der Waals surface area contributed by atoms with Crippen molar-refractivity contribution in [1.29, 1.82) is 0 Å². The van der Waals surface area contributed by atoms with Crippen LogP contribution in [-0.2, 0) is 109 Å². The Balaban J connectivity index is 0.983. The van der Waals surface area contributed by atoms with Gasteiger partial charge < -0.3 is 249 Å². The normalized spacial score (nSPS) is 49.7. The molecule has 31 N–H and O–H groups in total. The highest BCUT2D eigenvalue weighted by atomic mass is 16.8. The molecule has 10 heterocycles. The number of hydrogen-bond donors (Lipinski definition) is 31. The lowest BCUT2D eigenvalue weighted by Gasteiger charge is -2.51. The van der Waals surface area contributed by atoms with Crippen LogP contribution in [0.4, 0.5) is 0 Å². The van der Waals surface area contributed by atoms with Crippen molar-refractivity contribution < 1.29 is 247 Å². The molecule has 54 nitrogen and oxygen atoms in total. The first-order chi connectivity index (χ1) is 57.7. The van der Waals surface area contributed by atoms with Gasteiger partial charge in [0.15, 0.2) is 62.9 Å². The van der Waals surface area contributed by atoms with Gasteiger partial charge in [-0.1, -0.05) is 0 Å². The molecule has 10 aliphatic heterocycles. The van der Waals surface area contributed by atoms with Gasteiger partial charge in [-0.3, -0.25) is 19.2 Å². The van der Waals surface area contributed by atoms with E-state index in [4.69, 9.17) is 90.0 Å². The van der Waals surface area contributed by atoms with E-state index >= 15 is 0 Å². The van der Waals surface area contributed by atoms with Crippen molar-refractivity contribution in [2.24, 2.45) is 0 Å². The van der Waals surface area contributed by atoms with Crippen molar-refractivity contribution in [3.8, 4) is 0 Å². The molecule has 706 valence electrons. The number of aliphatic hydroxyl groups excluding tert-OH is 27. The second-order valence-corrected chi connectivity index (χ2v) is 31.0. The zero-order chi connectivity index (χ0) is 89.8. The Kier molecular flexibility index (Phi) is 35.8. The van der Waals surface area contributed by atoms with E-state index in [-0.39, 0.29) is 0 Å². The number of ether oxygens (including phenoxy) is 19. The second kappa shape index (κ2) is 43.6. The van der Waals surface area contributed by atoms with Crippen molar-refractivity contribution in [3.63, 3.8) is 0 Å². The average Bonchev–Trinajstić information content (AvgIpc) is 0.770. The van der Waals surface area contributed by atoms with E-state index in [1.807, 2.05) is 0 Å². The Morgan fingerprint density at radius 1 is 0.230 bits per heavy atom. The molecule has 10 saturated heterocycles. The summed E-state index contributed by atoms with van der Waals surface area (Å²) in [5.74, 6) is -3.76. The first-order valence-electron chi connectivity index (χ1n) is 39.0. The van der Waals surface area contributed by atoms with Crippen LogP contribution in [0, 0.1) is 0 Å². The third-order valence-electron chi connectivity index (χ3n) is 22.4. The summed E-state index contributed by atoms with van der Waals surface area (Å²) < 4.78 is 113. The predicted octanol–water partition coefficient (Wildman–Crippen LogP) is -21.2. The summed E-state index contributed by atoms with van der Waals surface area (Å²) in [6, 6.07) is -7.69. The number of nitrogens with one attached hydrogen (secondary N) is 4. The van der Waals surface area contributed by atoms with Crippen LogP contribution >= 0.6 is 0 Å². The maximum Gasteiger partial charge on any atom is 0.217 e. The largest absolute Gasteiger partial charge is 0.394 e. The van der Waals surface area contributed by atoms with E-state index in [2.05, 4.69) is 21.3 Å². The van der Waals surface area contributed by atoms with Gasteiger partial charge in [0.1, 0.15) is 238 Å². The van der Waals surface area contributed by atoms with Crippen molar-refractivity contribution in [2.45, 2.75) is 341 Å². The van der Waals surface area contributed by atoms with E-state index < -0.39 is 390 Å². The van der Waals surface area contributed by atoms with E-state index in [0.29, 0.717) is 0 Å². The van der Waals surface area contributed by atoms with Crippen LogP contribution in [0.25, 0.3) is 0 Å². The molecule has 1 unspecified atom stereocenters. The zero-order valence-corrected chi connectivity index (χ0v) is 65.7. The fraction of sp³-hybridized carbons (Fsp3) is 0.941. The fourth-order valence-corrected chi connectivity index (χ4v) is 15.8. The predicted molar refractivity (Wildman–Crippen MR) is 375 cm³/mol. The minimum Gasteiger partial charge on any atom is -0.394 e. The van der Waals surface area contributed by atoms with Crippen LogP contribution in [0.3, 0.4) is 0 Å². The lowest BCUT2D eigenvalue weighted by Crippen LogP contribution is -2.71. The van der Waals surface area contributed by atoms with Gasteiger partial charge in [-0.05, 0) is 6.92 Å². The number of rotatable bonds is 31. The first kappa shape index (κ1) is 100. The lowest BCUT2D eigenvalue weighted by atomic mass is 9.93. The highest BCUT2D eigenvalue weighted by Gasteiger charge is 2.62. The van der Waals surface area contributed by atoms with Crippen molar-refractivity contribution in [3.05, 3.63) is 0 Å². The minimum atomic E-state index is -2.63. The van der Waals surface area contributed by atoms with E-state index in [1.54, 1.807) is 0 Å². The maximum absolute atomic E-state index is 13.3. The second-order valence-electron chi connectivity index (χ2n) is 31.0. The molecule has 10 rings (SSSR count). The fourth-order valence-electron chi connectivity index (χ4n) is 15.8. The van der Waals surface area contributed by atoms with Crippen LogP contribution in [0.1, 0.15) is 34.6 Å². The quantitative estimate of drug-likeness (QED) is 0.0306. The topological polar surface area (TPSA) is 838 Å². The van der Waals surface area contributed by atoms with Crippen LogP contribution in [0.5, 0.6) is 0 Å². The Morgan fingerprint density at radius 2 is 0.500 bits per heavy atom. The smallest absolute Gasteiger partial charge is 0.217 e. The Morgan fingerprint density at radius 3 is 0.893 bits per heavy atom. The zero-order valence-electron chi connectivity index (χ0n) is 65.7. The monoisotopic (exact) mass is 1790 g/mol. The Labute approximate surface area is 691 Å². The maximum atomic E-state index is 13.3. The van der Waals surface area contributed by atoms with Crippen molar-refractivity contribution in [2.75, 3.05) is 59.5 Å². The third kappa shape index (κ3) is 22.0. The summed E-state index contributed by atoms with van der Waals surface area (Å²) in [4.78, 5) is 51.6. The third-order valence-corrected chi connectivity index (χ3v) is 22.4. The highest BCUT2D eigenvalue weighted by molar-refractivity contribution is 5.74. The lowest BCUT2D eigenvalue weighted by molar-refractivity contribution is -0.399. The number of amides is 4. The molecule has 10 aliphatic rings. The molecule has 0 aromatic rings.